The molecule has 4 aromatic rings. The number of nitrogens with zero attached hydrogens (tertiary/aromatic N) is 4. The van der Waals surface area contributed by atoms with Crippen LogP contribution in [-0.2, 0) is 22.3 Å². The summed E-state index contributed by atoms with van der Waals surface area (Å²) >= 11 is 0. The quantitative estimate of drug-likeness (QED) is 0.257. The number of likely N-dealkylation sites (N-methyl/N-ethyl adjacent to an activating group) is 1. The van der Waals surface area contributed by atoms with Crippen LogP contribution in [0.4, 0.5) is 19.0 Å². The second-order valence-corrected chi connectivity index (χ2v) is 11.9. The number of benzene rings is 3. The van der Waals surface area contributed by atoms with Crippen LogP contribution in [0.1, 0.15) is 65.0 Å². The third-order valence-electron chi connectivity index (χ3n) is 8.16. The van der Waals surface area contributed by atoms with E-state index in [4.69, 9.17) is 5.10 Å². The van der Waals surface area contributed by atoms with Gasteiger partial charge in [-0.05, 0) is 63.6 Å². The normalized spacial score (nSPS) is 16.3. The number of alkyl halides is 3. The van der Waals surface area contributed by atoms with Crippen LogP contribution in [0.2, 0.25) is 0 Å². The SMILES string of the molecule is CCN1C(=O)C(NC(=O)c2cccc(C(F)(F)F)c2)C(c2ccc(C)cc2)c2c(CNC(=O)C(C)(C)C#N)nn(-c3ccccc3)c21. The van der Waals surface area contributed by atoms with Gasteiger partial charge in [0.1, 0.15) is 17.3 Å². The van der Waals surface area contributed by atoms with Gasteiger partial charge >= 0.3 is 6.18 Å². The molecule has 1 aliphatic heterocycles. The Labute approximate surface area is 270 Å². The maximum Gasteiger partial charge on any atom is 0.416 e. The van der Waals surface area contributed by atoms with Crippen LogP contribution in [0.15, 0.2) is 78.9 Å². The van der Waals surface area contributed by atoms with Crippen molar-refractivity contribution in [1.82, 2.24) is 20.4 Å². The number of carbonyl (C=O) groups excluding carboxylic acids is 3. The number of nitrogens with one attached hydrogen (secondary N) is 2. The lowest BCUT2D eigenvalue weighted by Crippen LogP contribution is -2.55. The maximum atomic E-state index is 14.4. The Kier molecular flexibility index (Phi) is 8.94. The fraction of sp³-hybridized carbons (Fsp3) is 0.286. The van der Waals surface area contributed by atoms with Gasteiger partial charge in [0.25, 0.3) is 11.8 Å². The van der Waals surface area contributed by atoms with Crippen molar-refractivity contribution in [1.29, 1.82) is 5.26 Å². The molecule has 3 aromatic carbocycles. The molecule has 2 atom stereocenters. The highest BCUT2D eigenvalue weighted by Crippen LogP contribution is 2.44. The van der Waals surface area contributed by atoms with Crippen LogP contribution in [-0.4, -0.2) is 40.1 Å². The van der Waals surface area contributed by atoms with Crippen LogP contribution < -0.4 is 15.5 Å². The molecule has 0 aliphatic carbocycles. The molecule has 0 spiro atoms. The maximum absolute atomic E-state index is 14.4. The highest BCUT2D eigenvalue weighted by Gasteiger charge is 2.46. The standard InChI is InChI=1S/C35H33F3N6O3/c1-5-43-31-28(26(19-40-33(47)34(3,4)20-39)42-44(31)25-12-7-6-8-13-25)27(22-16-14-21(2)15-17-22)29(32(43)46)41-30(45)23-10-9-11-24(18-23)35(36,37)38/h6-18,27,29H,5,19H2,1-4H3,(H,40,47)(H,41,45). The minimum absolute atomic E-state index is 0.103. The number of carbonyl (C=O) groups is 3. The molecule has 3 amide bonds. The Bertz CT molecular complexity index is 1860. The molecule has 0 fully saturated rings. The first kappa shape index (κ1) is 32.9. The van der Waals surface area contributed by atoms with Gasteiger partial charge in [-0.3, -0.25) is 19.3 Å². The molecule has 1 aliphatic rings. The fourth-order valence-electron chi connectivity index (χ4n) is 5.59. The van der Waals surface area contributed by atoms with Gasteiger partial charge in [-0.1, -0.05) is 54.1 Å². The molecule has 0 bridgehead atoms. The molecule has 47 heavy (non-hydrogen) atoms. The van der Waals surface area contributed by atoms with E-state index >= 15 is 0 Å². The Hall–Kier alpha value is -5.44. The van der Waals surface area contributed by atoms with E-state index in [0.29, 0.717) is 28.3 Å². The van der Waals surface area contributed by atoms with E-state index in [1.54, 1.807) is 11.6 Å². The number of hydrogen-bond donors (Lipinski definition) is 2. The molecule has 2 unspecified atom stereocenters. The smallest absolute Gasteiger partial charge is 0.349 e. The fourth-order valence-corrected chi connectivity index (χ4v) is 5.59. The predicted molar refractivity (Wildman–Crippen MR) is 169 cm³/mol. The molecule has 1 aromatic heterocycles. The van der Waals surface area contributed by atoms with Crippen molar-refractivity contribution in [2.45, 2.75) is 52.4 Å². The number of para-hydroxylation sites is 1. The molecule has 5 rings (SSSR count). The van der Waals surface area contributed by atoms with Crippen molar-refractivity contribution in [3.8, 4) is 11.8 Å². The average Bonchev–Trinajstić information content (AvgIpc) is 3.43. The summed E-state index contributed by atoms with van der Waals surface area (Å²) in [5.41, 5.74) is 0.592. The van der Waals surface area contributed by atoms with Gasteiger partial charge in [0.05, 0.1) is 29.6 Å². The minimum Gasteiger partial charge on any atom is -0.349 e. The van der Waals surface area contributed by atoms with Gasteiger partial charge in [0.2, 0.25) is 5.91 Å². The Balaban J connectivity index is 1.70. The largest absolute Gasteiger partial charge is 0.416 e. The first-order chi connectivity index (χ1) is 22.3. The molecular formula is C35H33F3N6O3. The van der Waals surface area contributed by atoms with Gasteiger partial charge in [-0.15, -0.1) is 0 Å². The number of nitriles is 1. The van der Waals surface area contributed by atoms with Crippen molar-refractivity contribution >= 4 is 23.5 Å². The monoisotopic (exact) mass is 642 g/mol. The molecule has 2 heterocycles. The number of amides is 3. The lowest BCUT2D eigenvalue weighted by atomic mass is 9.80. The van der Waals surface area contributed by atoms with E-state index in [2.05, 4.69) is 10.6 Å². The Morgan fingerprint density at radius 1 is 1.00 bits per heavy atom. The second kappa shape index (κ2) is 12.7. The predicted octanol–water partition coefficient (Wildman–Crippen LogP) is 5.66. The van der Waals surface area contributed by atoms with Gasteiger partial charge in [-0.25, -0.2) is 4.68 Å². The van der Waals surface area contributed by atoms with Gasteiger partial charge in [0, 0.05) is 23.6 Å². The summed E-state index contributed by atoms with van der Waals surface area (Å²) in [6.45, 7) is 6.72. The summed E-state index contributed by atoms with van der Waals surface area (Å²) in [6.07, 6.45) is -4.67. The average molecular weight is 643 g/mol. The number of rotatable bonds is 8. The first-order valence-corrected chi connectivity index (χ1v) is 15.0. The number of anilines is 1. The van der Waals surface area contributed by atoms with E-state index in [1.165, 1.54) is 24.8 Å². The zero-order valence-electron chi connectivity index (χ0n) is 26.2. The third-order valence-corrected chi connectivity index (χ3v) is 8.16. The second-order valence-electron chi connectivity index (χ2n) is 11.9. The molecule has 0 radical (unpaired) electrons. The lowest BCUT2D eigenvalue weighted by molar-refractivity contribution is -0.137. The molecule has 0 saturated heterocycles. The number of hydrogen-bond acceptors (Lipinski definition) is 5. The summed E-state index contributed by atoms with van der Waals surface area (Å²) in [5, 5.41) is 19.9. The Morgan fingerprint density at radius 2 is 1.68 bits per heavy atom. The lowest BCUT2D eigenvalue weighted by Gasteiger charge is -2.38. The summed E-state index contributed by atoms with van der Waals surface area (Å²) in [4.78, 5) is 42.4. The molecule has 2 N–H and O–H groups in total. The zero-order valence-corrected chi connectivity index (χ0v) is 26.2. The third kappa shape index (κ3) is 6.47. The van der Waals surface area contributed by atoms with Gasteiger partial charge in [-0.2, -0.15) is 23.5 Å². The molecule has 242 valence electrons. The number of fused-ring (bicyclic) bond motifs is 1. The topological polar surface area (TPSA) is 120 Å². The summed E-state index contributed by atoms with van der Waals surface area (Å²) in [5.74, 6) is -2.27. The van der Waals surface area contributed by atoms with E-state index in [9.17, 15) is 32.8 Å². The number of halogens is 3. The van der Waals surface area contributed by atoms with Gasteiger partial charge < -0.3 is 10.6 Å². The highest BCUT2D eigenvalue weighted by atomic mass is 19.4. The molecule has 0 saturated carbocycles. The summed E-state index contributed by atoms with van der Waals surface area (Å²) < 4.78 is 42.1. The van der Waals surface area contributed by atoms with Gasteiger partial charge in [0.15, 0.2) is 0 Å². The van der Waals surface area contributed by atoms with Crippen LogP contribution in [0.3, 0.4) is 0 Å². The molecule has 9 nitrogen and oxygen atoms in total. The molecular weight excluding hydrogens is 609 g/mol. The van der Waals surface area contributed by atoms with Crippen molar-refractivity contribution in [3.63, 3.8) is 0 Å². The van der Waals surface area contributed by atoms with E-state index < -0.39 is 46.8 Å². The van der Waals surface area contributed by atoms with E-state index in [-0.39, 0.29) is 18.7 Å². The molecule has 12 heteroatoms. The highest BCUT2D eigenvalue weighted by molar-refractivity contribution is 6.05. The van der Waals surface area contributed by atoms with Crippen LogP contribution in [0.5, 0.6) is 0 Å². The van der Waals surface area contributed by atoms with E-state index in [0.717, 1.165) is 23.8 Å². The number of aryl methyl sites for hydroxylation is 1. The van der Waals surface area contributed by atoms with Crippen molar-refractivity contribution < 1.29 is 27.6 Å². The minimum atomic E-state index is -4.67. The van der Waals surface area contributed by atoms with Crippen molar-refractivity contribution in [3.05, 3.63) is 112 Å². The van der Waals surface area contributed by atoms with Crippen LogP contribution >= 0.6 is 0 Å². The van der Waals surface area contributed by atoms with Crippen LogP contribution in [0.25, 0.3) is 5.69 Å². The summed E-state index contributed by atoms with van der Waals surface area (Å²) in [6, 6.07) is 21.2. The van der Waals surface area contributed by atoms with Crippen molar-refractivity contribution in [2.75, 3.05) is 11.4 Å². The summed E-state index contributed by atoms with van der Waals surface area (Å²) in [7, 11) is 0. The first-order valence-electron chi connectivity index (χ1n) is 15.0. The zero-order chi connectivity index (χ0) is 34.1. The Morgan fingerprint density at radius 3 is 2.30 bits per heavy atom. The van der Waals surface area contributed by atoms with E-state index in [1.807, 2.05) is 67.6 Å². The number of aromatic nitrogens is 2. The van der Waals surface area contributed by atoms with Crippen molar-refractivity contribution in [2.24, 2.45) is 5.41 Å². The van der Waals surface area contributed by atoms with Crippen LogP contribution in [0, 0.1) is 23.7 Å².